The molecule has 2 aromatic carbocycles. The van der Waals surface area contributed by atoms with Crippen molar-refractivity contribution in [1.29, 1.82) is 0 Å². The van der Waals surface area contributed by atoms with E-state index in [1.165, 1.54) is 31.2 Å². The fourth-order valence-corrected chi connectivity index (χ4v) is 2.91. The van der Waals surface area contributed by atoms with Crippen molar-refractivity contribution in [1.82, 2.24) is 0 Å². The van der Waals surface area contributed by atoms with E-state index in [-0.39, 0.29) is 5.56 Å². The van der Waals surface area contributed by atoms with Crippen LogP contribution in [0.3, 0.4) is 0 Å². The fourth-order valence-electron chi connectivity index (χ4n) is 2.91. The molecule has 2 atom stereocenters. The van der Waals surface area contributed by atoms with E-state index in [4.69, 9.17) is 4.74 Å². The van der Waals surface area contributed by atoms with Gasteiger partial charge in [-0.1, -0.05) is 49.4 Å². The Labute approximate surface area is 137 Å². The summed E-state index contributed by atoms with van der Waals surface area (Å²) in [6.45, 7) is -1.75. The van der Waals surface area contributed by atoms with Crippen molar-refractivity contribution in [2.75, 3.05) is 0 Å². The van der Waals surface area contributed by atoms with Gasteiger partial charge in [0.2, 0.25) is 0 Å². The van der Waals surface area contributed by atoms with Crippen molar-refractivity contribution >= 4 is 0 Å². The molecule has 1 aliphatic carbocycles. The number of rotatable bonds is 6. The summed E-state index contributed by atoms with van der Waals surface area (Å²) >= 11 is 0. The summed E-state index contributed by atoms with van der Waals surface area (Å²) in [6, 6.07) is 15.1. The Balaban J connectivity index is 1.74. The second kappa shape index (κ2) is 6.09. The molecule has 1 fully saturated rings. The summed E-state index contributed by atoms with van der Waals surface area (Å²) in [6.07, 6.45) is 0. The Morgan fingerprint density at radius 1 is 1.00 bits per heavy atom. The number of benzene rings is 2. The SMILES string of the molecule is C[C@H]1C(F)(F)[C@@]1(OC(F)F)c1ccc(OCc2ccccc2)cc1. The molecule has 0 aromatic heterocycles. The van der Waals surface area contributed by atoms with Crippen molar-refractivity contribution < 1.29 is 27.0 Å². The Morgan fingerprint density at radius 2 is 1.58 bits per heavy atom. The van der Waals surface area contributed by atoms with E-state index in [9.17, 15) is 17.6 Å². The Hall–Kier alpha value is -2.08. The van der Waals surface area contributed by atoms with Crippen LogP contribution in [0.15, 0.2) is 54.6 Å². The standard InChI is InChI=1S/C18H16F4O2/c1-12-17(18(12,21)22,24-16(19)20)14-7-9-15(10-8-14)23-11-13-5-3-2-4-6-13/h2-10,12,16H,11H2,1H3/t12-,17+/m1/s1. The molecule has 1 saturated carbocycles. The van der Waals surface area contributed by atoms with Crippen LogP contribution in [0.1, 0.15) is 18.1 Å². The lowest BCUT2D eigenvalue weighted by Crippen LogP contribution is -2.23. The third-order valence-electron chi connectivity index (χ3n) is 4.37. The van der Waals surface area contributed by atoms with Gasteiger partial charge in [0, 0.05) is 0 Å². The van der Waals surface area contributed by atoms with Gasteiger partial charge in [-0.15, -0.1) is 0 Å². The van der Waals surface area contributed by atoms with Crippen molar-refractivity contribution in [3.05, 3.63) is 65.7 Å². The molecule has 0 spiro atoms. The molecule has 0 aliphatic heterocycles. The van der Waals surface area contributed by atoms with Crippen molar-refractivity contribution in [3.8, 4) is 5.75 Å². The zero-order chi connectivity index (χ0) is 17.4. The molecule has 2 aromatic rings. The molecular formula is C18H16F4O2. The van der Waals surface area contributed by atoms with Crippen LogP contribution in [0.4, 0.5) is 17.6 Å². The fraction of sp³-hybridized carbons (Fsp3) is 0.333. The first-order valence-corrected chi connectivity index (χ1v) is 7.49. The monoisotopic (exact) mass is 340 g/mol. The van der Waals surface area contributed by atoms with Crippen LogP contribution in [0.25, 0.3) is 0 Å². The minimum atomic E-state index is -3.32. The van der Waals surface area contributed by atoms with Crippen molar-refractivity contribution in [3.63, 3.8) is 0 Å². The van der Waals surface area contributed by atoms with Crippen LogP contribution < -0.4 is 4.74 Å². The third kappa shape index (κ3) is 2.75. The Kier molecular flexibility index (Phi) is 4.25. The van der Waals surface area contributed by atoms with E-state index < -0.39 is 24.1 Å². The molecule has 0 N–H and O–H groups in total. The average Bonchev–Trinajstić information content (AvgIpc) is 2.99. The largest absolute Gasteiger partial charge is 0.489 e. The molecule has 2 nitrogen and oxygen atoms in total. The first-order chi connectivity index (χ1) is 11.4. The second-order valence-electron chi connectivity index (χ2n) is 5.76. The smallest absolute Gasteiger partial charge is 0.346 e. The maximum atomic E-state index is 13.9. The molecule has 0 bridgehead atoms. The lowest BCUT2D eigenvalue weighted by atomic mass is 10.1. The van der Waals surface area contributed by atoms with Crippen molar-refractivity contribution in [2.45, 2.75) is 31.7 Å². The van der Waals surface area contributed by atoms with Gasteiger partial charge < -0.3 is 9.47 Å². The zero-order valence-electron chi connectivity index (χ0n) is 12.9. The molecule has 0 heterocycles. The van der Waals surface area contributed by atoms with Crippen LogP contribution in [-0.2, 0) is 16.9 Å². The predicted octanol–water partition coefficient (Wildman–Crippen LogP) is 4.99. The van der Waals surface area contributed by atoms with E-state index in [0.29, 0.717) is 12.4 Å². The van der Waals surface area contributed by atoms with Gasteiger partial charge in [-0.2, -0.15) is 8.78 Å². The van der Waals surface area contributed by atoms with E-state index in [1.54, 1.807) is 0 Å². The number of hydrogen-bond acceptors (Lipinski definition) is 2. The highest BCUT2D eigenvalue weighted by molar-refractivity contribution is 5.40. The Morgan fingerprint density at radius 3 is 2.08 bits per heavy atom. The Bertz CT molecular complexity index is 688. The average molecular weight is 340 g/mol. The molecule has 0 radical (unpaired) electrons. The van der Waals surface area contributed by atoms with Gasteiger partial charge in [0.05, 0.1) is 5.92 Å². The summed E-state index contributed by atoms with van der Waals surface area (Å²) in [5, 5.41) is 0. The van der Waals surface area contributed by atoms with Crippen LogP contribution >= 0.6 is 0 Å². The van der Waals surface area contributed by atoms with Crippen LogP contribution in [0.5, 0.6) is 5.75 Å². The van der Waals surface area contributed by atoms with Gasteiger partial charge in [0.1, 0.15) is 12.4 Å². The van der Waals surface area contributed by atoms with Crippen molar-refractivity contribution in [2.24, 2.45) is 5.92 Å². The highest BCUT2D eigenvalue weighted by Gasteiger charge is 2.81. The molecule has 128 valence electrons. The van der Waals surface area contributed by atoms with Gasteiger partial charge in [-0.25, -0.2) is 8.78 Å². The highest BCUT2D eigenvalue weighted by atomic mass is 19.3. The zero-order valence-corrected chi connectivity index (χ0v) is 12.9. The third-order valence-corrected chi connectivity index (χ3v) is 4.37. The normalized spacial score (nSPS) is 24.8. The van der Waals surface area contributed by atoms with E-state index in [2.05, 4.69) is 4.74 Å². The lowest BCUT2D eigenvalue weighted by molar-refractivity contribution is -0.204. The summed E-state index contributed by atoms with van der Waals surface area (Å²) in [5.74, 6) is -4.17. The first kappa shape index (κ1) is 16.8. The van der Waals surface area contributed by atoms with Crippen LogP contribution in [0, 0.1) is 5.92 Å². The van der Waals surface area contributed by atoms with E-state index >= 15 is 0 Å². The van der Waals surface area contributed by atoms with Crippen LogP contribution in [-0.4, -0.2) is 12.5 Å². The number of ether oxygens (including phenoxy) is 2. The summed E-state index contributed by atoms with van der Waals surface area (Å²) in [7, 11) is 0. The number of hydrogen-bond donors (Lipinski definition) is 0. The van der Waals surface area contributed by atoms with Crippen LogP contribution in [0.2, 0.25) is 0 Å². The predicted molar refractivity (Wildman–Crippen MR) is 80.1 cm³/mol. The molecule has 1 aliphatic rings. The molecule has 0 saturated heterocycles. The summed E-state index contributed by atoms with van der Waals surface area (Å²) < 4.78 is 62.8. The minimum Gasteiger partial charge on any atom is -0.489 e. The quantitative estimate of drug-likeness (QED) is 0.690. The van der Waals surface area contributed by atoms with Gasteiger partial charge in [0.25, 0.3) is 5.92 Å². The molecule has 3 rings (SSSR count). The van der Waals surface area contributed by atoms with E-state index in [0.717, 1.165) is 5.56 Å². The number of halogens is 4. The maximum Gasteiger partial charge on any atom is 0.346 e. The summed E-state index contributed by atoms with van der Waals surface area (Å²) in [5.41, 5.74) is -1.28. The highest BCUT2D eigenvalue weighted by Crippen LogP contribution is 2.67. The lowest BCUT2D eigenvalue weighted by Gasteiger charge is -2.18. The molecule has 0 unspecified atom stereocenters. The van der Waals surface area contributed by atoms with Gasteiger partial charge in [0.15, 0.2) is 5.60 Å². The van der Waals surface area contributed by atoms with E-state index in [1.807, 2.05) is 30.3 Å². The summed E-state index contributed by atoms with van der Waals surface area (Å²) in [4.78, 5) is 0. The van der Waals surface area contributed by atoms with Gasteiger partial charge >= 0.3 is 6.61 Å². The maximum absolute atomic E-state index is 13.9. The molecule has 6 heteroatoms. The second-order valence-corrected chi connectivity index (χ2v) is 5.76. The molecule has 0 amide bonds. The number of alkyl halides is 4. The molecular weight excluding hydrogens is 324 g/mol. The van der Waals surface area contributed by atoms with Gasteiger partial charge in [-0.3, -0.25) is 0 Å². The van der Waals surface area contributed by atoms with Gasteiger partial charge in [-0.05, 0) is 23.3 Å². The molecule has 24 heavy (non-hydrogen) atoms. The minimum absolute atomic E-state index is 0.0207. The first-order valence-electron chi connectivity index (χ1n) is 7.49. The topological polar surface area (TPSA) is 18.5 Å².